The predicted molar refractivity (Wildman–Crippen MR) is 85.8 cm³/mol. The van der Waals surface area contributed by atoms with Gasteiger partial charge in [-0.2, -0.15) is 0 Å². The molecule has 1 rings (SSSR count). The van der Waals surface area contributed by atoms with Gasteiger partial charge in [0.1, 0.15) is 0 Å². The Kier molecular flexibility index (Phi) is 9.73. The van der Waals surface area contributed by atoms with E-state index < -0.39 is 0 Å². The second-order valence-corrected chi connectivity index (χ2v) is 6.12. The highest BCUT2D eigenvalue weighted by atomic mass is 16.2. The van der Waals surface area contributed by atoms with Crippen LogP contribution in [-0.2, 0) is 4.79 Å². The lowest BCUT2D eigenvalue weighted by atomic mass is 9.93. The van der Waals surface area contributed by atoms with E-state index in [0.717, 1.165) is 39.0 Å². The summed E-state index contributed by atoms with van der Waals surface area (Å²) in [5, 5.41) is 3.32. The molecule has 3 nitrogen and oxygen atoms in total. The molecule has 0 aromatic rings. The molecule has 0 aromatic heterocycles. The third-order valence-electron chi connectivity index (χ3n) is 4.34. The average molecular weight is 282 g/mol. The number of carbonyl (C=O) groups is 1. The first kappa shape index (κ1) is 17.5. The van der Waals surface area contributed by atoms with Gasteiger partial charge in [0, 0.05) is 32.1 Å². The predicted octanol–water partition coefficient (Wildman–Crippen LogP) is 3.59. The van der Waals surface area contributed by atoms with E-state index in [4.69, 9.17) is 0 Å². The lowest BCUT2D eigenvalue weighted by molar-refractivity contribution is -0.136. The molecule has 20 heavy (non-hydrogen) atoms. The van der Waals surface area contributed by atoms with Gasteiger partial charge in [0.15, 0.2) is 0 Å². The van der Waals surface area contributed by atoms with Gasteiger partial charge in [0.2, 0.25) is 5.91 Å². The fourth-order valence-corrected chi connectivity index (χ4v) is 2.98. The summed E-state index contributed by atoms with van der Waals surface area (Å²) >= 11 is 0. The number of nitrogens with zero attached hydrogens (tertiary/aromatic N) is 1. The quantitative estimate of drug-likeness (QED) is 0.621. The van der Waals surface area contributed by atoms with Crippen LogP contribution in [0.5, 0.6) is 0 Å². The molecule has 1 saturated heterocycles. The van der Waals surface area contributed by atoms with Crippen LogP contribution >= 0.6 is 0 Å². The zero-order chi connectivity index (χ0) is 14.6. The number of nitrogens with one attached hydrogen (secondary N) is 1. The second kappa shape index (κ2) is 11.1. The molecule has 0 aliphatic carbocycles. The molecule has 0 radical (unpaired) electrons. The second-order valence-electron chi connectivity index (χ2n) is 6.12. The van der Waals surface area contributed by atoms with Crippen molar-refractivity contribution in [1.29, 1.82) is 0 Å². The molecule has 1 unspecified atom stereocenters. The van der Waals surface area contributed by atoms with Gasteiger partial charge in [0.05, 0.1) is 0 Å². The van der Waals surface area contributed by atoms with Crippen LogP contribution in [0.2, 0.25) is 0 Å². The van der Waals surface area contributed by atoms with Gasteiger partial charge in [-0.15, -0.1) is 0 Å². The topological polar surface area (TPSA) is 32.3 Å². The Balaban J connectivity index is 2.34. The number of unbranched alkanes of at least 4 members (excludes halogenated alkanes) is 5. The first-order valence-corrected chi connectivity index (χ1v) is 8.79. The van der Waals surface area contributed by atoms with Crippen LogP contribution in [-0.4, -0.2) is 37.0 Å². The minimum atomic E-state index is 0.287. The minimum Gasteiger partial charge on any atom is -0.340 e. The molecular weight excluding hydrogens is 248 g/mol. The molecule has 0 saturated carbocycles. The van der Waals surface area contributed by atoms with Crippen molar-refractivity contribution in [2.45, 2.75) is 71.6 Å². The molecule has 0 bridgehead atoms. The SMILES string of the molecule is CCCCCCCC(CCCC)C(=O)N1CCNCC1. The number of hydrogen-bond acceptors (Lipinski definition) is 2. The van der Waals surface area contributed by atoms with Crippen molar-refractivity contribution in [3.8, 4) is 0 Å². The maximum absolute atomic E-state index is 12.6. The van der Waals surface area contributed by atoms with E-state index in [1.807, 2.05) is 0 Å². The van der Waals surface area contributed by atoms with Crippen LogP contribution in [0, 0.1) is 5.92 Å². The summed E-state index contributed by atoms with van der Waals surface area (Å²) in [5.41, 5.74) is 0. The van der Waals surface area contributed by atoms with Gasteiger partial charge in [0.25, 0.3) is 0 Å². The largest absolute Gasteiger partial charge is 0.340 e. The molecule has 1 N–H and O–H groups in total. The van der Waals surface area contributed by atoms with E-state index in [-0.39, 0.29) is 5.92 Å². The van der Waals surface area contributed by atoms with Crippen LogP contribution in [0.1, 0.15) is 71.6 Å². The summed E-state index contributed by atoms with van der Waals surface area (Å²) in [6.07, 6.45) is 11.1. The van der Waals surface area contributed by atoms with Gasteiger partial charge >= 0.3 is 0 Å². The molecule has 1 aliphatic heterocycles. The number of amides is 1. The van der Waals surface area contributed by atoms with Crippen molar-refractivity contribution in [3.63, 3.8) is 0 Å². The highest BCUT2D eigenvalue weighted by Gasteiger charge is 2.24. The standard InChI is InChI=1S/C17H34N2O/c1-3-5-7-8-9-11-16(10-6-4-2)17(20)19-14-12-18-13-15-19/h16,18H,3-15H2,1-2H3. The van der Waals surface area contributed by atoms with Crippen molar-refractivity contribution in [3.05, 3.63) is 0 Å². The van der Waals surface area contributed by atoms with Crippen LogP contribution < -0.4 is 5.32 Å². The van der Waals surface area contributed by atoms with E-state index in [1.54, 1.807) is 0 Å². The molecular formula is C17H34N2O. The normalized spacial score (nSPS) is 17.2. The number of piperazine rings is 1. The van der Waals surface area contributed by atoms with E-state index in [9.17, 15) is 4.79 Å². The van der Waals surface area contributed by atoms with E-state index in [0.29, 0.717) is 5.91 Å². The Hall–Kier alpha value is -0.570. The monoisotopic (exact) mass is 282 g/mol. The number of carbonyl (C=O) groups excluding carboxylic acids is 1. The summed E-state index contributed by atoms with van der Waals surface area (Å²) in [7, 11) is 0. The van der Waals surface area contributed by atoms with Gasteiger partial charge in [-0.25, -0.2) is 0 Å². The third-order valence-corrected chi connectivity index (χ3v) is 4.34. The summed E-state index contributed by atoms with van der Waals surface area (Å²) in [6.45, 7) is 8.19. The third kappa shape index (κ3) is 6.74. The molecule has 0 spiro atoms. The lowest BCUT2D eigenvalue weighted by Crippen LogP contribution is -2.48. The summed E-state index contributed by atoms with van der Waals surface area (Å²) in [5.74, 6) is 0.713. The zero-order valence-corrected chi connectivity index (χ0v) is 13.6. The number of hydrogen-bond donors (Lipinski definition) is 1. The Morgan fingerprint density at radius 1 is 0.950 bits per heavy atom. The Morgan fingerprint density at radius 3 is 2.20 bits per heavy atom. The molecule has 118 valence electrons. The fourth-order valence-electron chi connectivity index (χ4n) is 2.98. The zero-order valence-electron chi connectivity index (χ0n) is 13.6. The molecule has 1 atom stereocenters. The molecule has 1 fully saturated rings. The molecule has 3 heteroatoms. The number of rotatable bonds is 10. The molecule has 1 amide bonds. The first-order valence-electron chi connectivity index (χ1n) is 8.79. The van der Waals surface area contributed by atoms with Crippen LogP contribution in [0.25, 0.3) is 0 Å². The van der Waals surface area contributed by atoms with Crippen LogP contribution in [0.3, 0.4) is 0 Å². The Morgan fingerprint density at radius 2 is 1.55 bits per heavy atom. The minimum absolute atomic E-state index is 0.287. The van der Waals surface area contributed by atoms with E-state index >= 15 is 0 Å². The van der Waals surface area contributed by atoms with Crippen molar-refractivity contribution < 1.29 is 4.79 Å². The summed E-state index contributed by atoms with van der Waals surface area (Å²) in [4.78, 5) is 14.7. The van der Waals surface area contributed by atoms with Crippen LogP contribution in [0.15, 0.2) is 0 Å². The van der Waals surface area contributed by atoms with E-state index in [2.05, 4.69) is 24.1 Å². The van der Waals surface area contributed by atoms with Crippen molar-refractivity contribution in [2.24, 2.45) is 5.92 Å². The van der Waals surface area contributed by atoms with Crippen molar-refractivity contribution in [2.75, 3.05) is 26.2 Å². The summed E-state index contributed by atoms with van der Waals surface area (Å²) in [6, 6.07) is 0. The van der Waals surface area contributed by atoms with Crippen molar-refractivity contribution >= 4 is 5.91 Å². The highest BCUT2D eigenvalue weighted by molar-refractivity contribution is 5.78. The maximum atomic E-state index is 12.6. The molecule has 0 aromatic carbocycles. The molecule has 1 aliphatic rings. The fraction of sp³-hybridized carbons (Fsp3) is 0.941. The van der Waals surface area contributed by atoms with E-state index in [1.165, 1.54) is 44.9 Å². The van der Waals surface area contributed by atoms with Crippen LogP contribution in [0.4, 0.5) is 0 Å². The Bertz CT molecular complexity index is 249. The lowest BCUT2D eigenvalue weighted by Gasteiger charge is -2.31. The Labute approximate surface area is 125 Å². The smallest absolute Gasteiger partial charge is 0.225 e. The average Bonchev–Trinajstić information content (AvgIpc) is 2.50. The van der Waals surface area contributed by atoms with Gasteiger partial charge in [-0.05, 0) is 12.8 Å². The van der Waals surface area contributed by atoms with Crippen molar-refractivity contribution in [1.82, 2.24) is 10.2 Å². The maximum Gasteiger partial charge on any atom is 0.225 e. The van der Waals surface area contributed by atoms with Gasteiger partial charge in [-0.1, -0.05) is 58.8 Å². The first-order chi connectivity index (χ1) is 9.79. The molecule has 1 heterocycles. The summed E-state index contributed by atoms with van der Waals surface area (Å²) < 4.78 is 0. The highest BCUT2D eigenvalue weighted by Crippen LogP contribution is 2.20. The van der Waals surface area contributed by atoms with Gasteiger partial charge < -0.3 is 10.2 Å². The van der Waals surface area contributed by atoms with Gasteiger partial charge in [-0.3, -0.25) is 4.79 Å².